The van der Waals surface area contributed by atoms with Gasteiger partial charge in [0.2, 0.25) is 5.89 Å². The minimum Gasteiger partial charge on any atom is -0.444 e. The van der Waals surface area contributed by atoms with Gasteiger partial charge < -0.3 is 4.42 Å². The van der Waals surface area contributed by atoms with Crippen LogP contribution in [0.15, 0.2) is 52.5 Å². The highest BCUT2D eigenvalue weighted by Crippen LogP contribution is 2.35. The van der Waals surface area contributed by atoms with Gasteiger partial charge in [-0.15, -0.1) is 11.3 Å². The van der Waals surface area contributed by atoms with Crippen LogP contribution in [0.25, 0.3) is 11.5 Å². The number of benzene rings is 1. The molecule has 1 atom stereocenters. The lowest BCUT2D eigenvalue weighted by Crippen LogP contribution is -2.22. The second-order valence-electron chi connectivity index (χ2n) is 6.15. The van der Waals surface area contributed by atoms with E-state index in [0.29, 0.717) is 11.9 Å². The molecule has 0 radical (unpaired) electrons. The van der Waals surface area contributed by atoms with E-state index in [9.17, 15) is 0 Å². The van der Waals surface area contributed by atoms with E-state index in [-0.39, 0.29) is 0 Å². The fourth-order valence-corrected chi connectivity index (χ4v) is 4.13. The molecule has 23 heavy (non-hydrogen) atoms. The van der Waals surface area contributed by atoms with Crippen LogP contribution in [-0.2, 0) is 6.54 Å². The number of rotatable bonds is 4. The topological polar surface area (TPSA) is 29.3 Å². The van der Waals surface area contributed by atoms with Crippen LogP contribution >= 0.6 is 11.3 Å². The summed E-state index contributed by atoms with van der Waals surface area (Å²) < 4.78 is 5.69. The van der Waals surface area contributed by atoms with E-state index in [2.05, 4.69) is 58.6 Å². The molecule has 4 rings (SSSR count). The van der Waals surface area contributed by atoms with E-state index in [4.69, 9.17) is 4.42 Å². The summed E-state index contributed by atoms with van der Waals surface area (Å²) in [5.41, 5.74) is 3.30. The number of likely N-dealkylation sites (tertiary alicyclic amines) is 1. The Kier molecular flexibility index (Phi) is 4.02. The first-order chi connectivity index (χ1) is 11.3. The van der Waals surface area contributed by atoms with Crippen LogP contribution in [0.5, 0.6) is 0 Å². The number of thiophene rings is 1. The number of nitrogens with zero attached hydrogens (tertiary/aromatic N) is 2. The Balaban J connectivity index is 1.50. The number of hydrogen-bond donors (Lipinski definition) is 0. The third-order valence-electron chi connectivity index (χ3n) is 4.45. The highest BCUT2D eigenvalue weighted by Gasteiger charge is 2.27. The Bertz CT molecular complexity index is 761. The molecule has 3 nitrogen and oxygen atoms in total. The largest absolute Gasteiger partial charge is 0.444 e. The van der Waals surface area contributed by atoms with Crippen LogP contribution in [0.3, 0.4) is 0 Å². The zero-order valence-electron chi connectivity index (χ0n) is 13.2. The summed E-state index contributed by atoms with van der Waals surface area (Å²) in [7, 11) is 0. The summed E-state index contributed by atoms with van der Waals surface area (Å²) in [4.78, 5) is 8.66. The maximum atomic E-state index is 5.69. The van der Waals surface area contributed by atoms with Gasteiger partial charge in [-0.05, 0) is 49.9 Å². The third-order valence-corrected chi connectivity index (χ3v) is 5.42. The van der Waals surface area contributed by atoms with Crippen LogP contribution in [0.2, 0.25) is 0 Å². The predicted molar refractivity (Wildman–Crippen MR) is 93.4 cm³/mol. The first-order valence-electron chi connectivity index (χ1n) is 8.08. The molecule has 3 aromatic rings. The number of oxazole rings is 1. The number of hydrogen-bond acceptors (Lipinski definition) is 4. The van der Waals surface area contributed by atoms with Crippen molar-refractivity contribution in [1.82, 2.24) is 9.88 Å². The van der Waals surface area contributed by atoms with Crippen molar-refractivity contribution >= 4 is 11.3 Å². The van der Waals surface area contributed by atoms with E-state index in [1.54, 1.807) is 6.26 Å². The second-order valence-corrected chi connectivity index (χ2v) is 7.13. The van der Waals surface area contributed by atoms with Gasteiger partial charge in [0.05, 0.1) is 5.69 Å². The van der Waals surface area contributed by atoms with Crippen molar-refractivity contribution in [2.24, 2.45) is 0 Å². The molecule has 0 saturated carbocycles. The quantitative estimate of drug-likeness (QED) is 0.672. The summed E-state index contributed by atoms with van der Waals surface area (Å²) in [6, 6.07) is 13.2. The monoisotopic (exact) mass is 324 g/mol. The van der Waals surface area contributed by atoms with Gasteiger partial charge in [-0.25, -0.2) is 4.98 Å². The fraction of sp³-hybridized carbons (Fsp3) is 0.316. The fourth-order valence-electron chi connectivity index (χ4n) is 3.23. The van der Waals surface area contributed by atoms with Crippen LogP contribution in [0.4, 0.5) is 0 Å². The van der Waals surface area contributed by atoms with Gasteiger partial charge in [0, 0.05) is 23.0 Å². The molecule has 118 valence electrons. The van der Waals surface area contributed by atoms with Gasteiger partial charge in [0.15, 0.2) is 0 Å². The minimum atomic E-state index is 0.537. The molecule has 1 aliphatic rings. The summed E-state index contributed by atoms with van der Waals surface area (Å²) in [6.07, 6.45) is 4.30. The SMILES string of the molecule is Cc1ccc(-c2nc(CN3CCCC3c3cccs3)co2)cc1. The van der Waals surface area contributed by atoms with Crippen LogP contribution < -0.4 is 0 Å². The van der Waals surface area contributed by atoms with E-state index in [0.717, 1.165) is 24.3 Å². The van der Waals surface area contributed by atoms with E-state index >= 15 is 0 Å². The van der Waals surface area contributed by atoms with Crippen molar-refractivity contribution in [2.75, 3.05) is 6.54 Å². The van der Waals surface area contributed by atoms with Gasteiger partial charge in [-0.1, -0.05) is 23.8 Å². The lowest BCUT2D eigenvalue weighted by molar-refractivity contribution is 0.248. The highest BCUT2D eigenvalue weighted by molar-refractivity contribution is 7.10. The summed E-state index contributed by atoms with van der Waals surface area (Å²) in [5.74, 6) is 0.715. The molecule has 3 heterocycles. The first-order valence-corrected chi connectivity index (χ1v) is 8.96. The Morgan fingerprint density at radius 2 is 2.13 bits per heavy atom. The van der Waals surface area contributed by atoms with E-state index in [1.165, 1.54) is 23.3 Å². The molecule has 1 unspecified atom stereocenters. The van der Waals surface area contributed by atoms with Crippen molar-refractivity contribution < 1.29 is 4.42 Å². The van der Waals surface area contributed by atoms with Crippen molar-refractivity contribution in [3.05, 3.63) is 64.2 Å². The summed E-state index contributed by atoms with van der Waals surface area (Å²) >= 11 is 1.85. The van der Waals surface area contributed by atoms with Gasteiger partial charge in [0.1, 0.15) is 6.26 Å². The Hall–Kier alpha value is -1.91. The Morgan fingerprint density at radius 3 is 2.91 bits per heavy atom. The molecular weight excluding hydrogens is 304 g/mol. The zero-order chi connectivity index (χ0) is 15.6. The van der Waals surface area contributed by atoms with Crippen molar-refractivity contribution in [3.8, 4) is 11.5 Å². The second kappa shape index (κ2) is 6.30. The molecule has 0 N–H and O–H groups in total. The molecule has 1 aromatic carbocycles. The van der Waals surface area contributed by atoms with Crippen molar-refractivity contribution in [1.29, 1.82) is 0 Å². The van der Waals surface area contributed by atoms with Gasteiger partial charge >= 0.3 is 0 Å². The summed E-state index contributed by atoms with van der Waals surface area (Å²) in [6.45, 7) is 4.08. The van der Waals surface area contributed by atoms with E-state index in [1.807, 2.05) is 11.3 Å². The van der Waals surface area contributed by atoms with Crippen LogP contribution in [0.1, 0.15) is 35.0 Å². The average molecular weight is 324 g/mol. The molecule has 1 fully saturated rings. The molecule has 0 bridgehead atoms. The lowest BCUT2D eigenvalue weighted by Gasteiger charge is -2.22. The molecule has 2 aromatic heterocycles. The first kappa shape index (κ1) is 14.7. The van der Waals surface area contributed by atoms with E-state index < -0.39 is 0 Å². The van der Waals surface area contributed by atoms with Crippen molar-refractivity contribution in [2.45, 2.75) is 32.4 Å². The van der Waals surface area contributed by atoms with Gasteiger partial charge in [-0.2, -0.15) is 0 Å². The molecule has 0 aliphatic carbocycles. The lowest BCUT2D eigenvalue weighted by atomic mass is 10.1. The minimum absolute atomic E-state index is 0.537. The predicted octanol–water partition coefficient (Wildman–Crippen LogP) is 5.05. The Morgan fingerprint density at radius 1 is 1.26 bits per heavy atom. The molecular formula is C19H20N2OS. The average Bonchev–Trinajstić information content (AvgIpc) is 3.29. The maximum absolute atomic E-state index is 5.69. The zero-order valence-corrected chi connectivity index (χ0v) is 14.1. The Labute approximate surface area is 140 Å². The smallest absolute Gasteiger partial charge is 0.226 e. The number of aryl methyl sites for hydroxylation is 1. The van der Waals surface area contributed by atoms with Crippen LogP contribution in [0, 0.1) is 6.92 Å². The standard InChI is InChI=1S/C19H20N2OS/c1-14-6-8-15(9-7-14)19-20-16(13-22-19)12-21-10-2-4-17(21)18-5-3-11-23-18/h3,5-9,11,13,17H,2,4,10,12H2,1H3. The van der Waals surface area contributed by atoms with Crippen LogP contribution in [-0.4, -0.2) is 16.4 Å². The maximum Gasteiger partial charge on any atom is 0.226 e. The van der Waals surface area contributed by atoms with Gasteiger partial charge in [-0.3, -0.25) is 4.90 Å². The number of aromatic nitrogens is 1. The third kappa shape index (κ3) is 3.09. The summed E-state index contributed by atoms with van der Waals surface area (Å²) in [5, 5.41) is 2.16. The molecule has 1 saturated heterocycles. The van der Waals surface area contributed by atoms with Gasteiger partial charge in [0.25, 0.3) is 0 Å². The molecule has 1 aliphatic heterocycles. The molecule has 0 amide bonds. The molecule has 4 heteroatoms. The highest BCUT2D eigenvalue weighted by atomic mass is 32.1. The van der Waals surface area contributed by atoms with Crippen molar-refractivity contribution in [3.63, 3.8) is 0 Å². The normalized spacial score (nSPS) is 18.6. The molecule has 0 spiro atoms.